The predicted octanol–water partition coefficient (Wildman–Crippen LogP) is 2.95. The number of amides is 1. The molecular formula is C18H17NO3. The lowest BCUT2D eigenvalue weighted by molar-refractivity contribution is -0.148. The van der Waals surface area contributed by atoms with E-state index < -0.39 is 6.04 Å². The molecular weight excluding hydrogens is 278 g/mol. The zero-order valence-corrected chi connectivity index (χ0v) is 12.4. The van der Waals surface area contributed by atoms with Crippen molar-refractivity contribution in [3.8, 4) is 0 Å². The van der Waals surface area contributed by atoms with Gasteiger partial charge in [-0.3, -0.25) is 4.79 Å². The number of carbonyl (C=O) groups is 2. The summed E-state index contributed by atoms with van der Waals surface area (Å²) in [6.45, 7) is 2.45. The highest BCUT2D eigenvalue weighted by atomic mass is 16.5. The molecule has 1 amide bonds. The van der Waals surface area contributed by atoms with Crippen LogP contribution < -0.4 is 0 Å². The summed E-state index contributed by atoms with van der Waals surface area (Å²) in [5.41, 5.74) is 2.29. The molecule has 0 spiro atoms. The average molecular weight is 295 g/mol. The van der Waals surface area contributed by atoms with Crippen LogP contribution in [0.4, 0.5) is 0 Å². The van der Waals surface area contributed by atoms with Crippen molar-refractivity contribution in [3.05, 3.63) is 71.3 Å². The van der Waals surface area contributed by atoms with Gasteiger partial charge in [0.1, 0.15) is 0 Å². The van der Waals surface area contributed by atoms with Gasteiger partial charge in [0, 0.05) is 12.1 Å². The SMILES string of the molecule is CCOC(=O)[C@H]1c2ccccc2C(=O)N1Cc1ccccc1. The molecule has 22 heavy (non-hydrogen) atoms. The van der Waals surface area contributed by atoms with E-state index in [-0.39, 0.29) is 11.9 Å². The fourth-order valence-corrected chi connectivity index (χ4v) is 2.79. The zero-order valence-electron chi connectivity index (χ0n) is 12.4. The summed E-state index contributed by atoms with van der Waals surface area (Å²) in [5, 5.41) is 0. The maximum Gasteiger partial charge on any atom is 0.333 e. The molecule has 0 saturated heterocycles. The van der Waals surface area contributed by atoms with Crippen molar-refractivity contribution in [1.82, 2.24) is 4.90 Å². The lowest BCUT2D eigenvalue weighted by Crippen LogP contribution is -2.33. The highest BCUT2D eigenvalue weighted by Gasteiger charge is 2.41. The van der Waals surface area contributed by atoms with Gasteiger partial charge in [-0.25, -0.2) is 4.79 Å². The summed E-state index contributed by atoms with van der Waals surface area (Å²) in [4.78, 5) is 26.6. The standard InChI is InChI=1S/C18H17NO3/c1-2-22-18(21)16-14-10-6-7-11-15(14)17(20)19(16)12-13-8-4-3-5-9-13/h3-11,16H,2,12H2,1H3/t16-/m1/s1. The molecule has 0 aliphatic carbocycles. The third-order valence-corrected chi connectivity index (χ3v) is 3.76. The topological polar surface area (TPSA) is 46.6 Å². The number of nitrogens with zero attached hydrogens (tertiary/aromatic N) is 1. The molecule has 112 valence electrons. The number of benzene rings is 2. The van der Waals surface area contributed by atoms with Gasteiger partial charge in [0.25, 0.3) is 5.91 Å². The second-order valence-electron chi connectivity index (χ2n) is 5.16. The fraction of sp³-hybridized carbons (Fsp3) is 0.222. The van der Waals surface area contributed by atoms with Gasteiger partial charge >= 0.3 is 5.97 Å². The molecule has 1 heterocycles. The Balaban J connectivity index is 1.97. The van der Waals surface area contributed by atoms with E-state index in [2.05, 4.69) is 0 Å². The van der Waals surface area contributed by atoms with Crippen LogP contribution in [0.25, 0.3) is 0 Å². The quantitative estimate of drug-likeness (QED) is 0.815. The molecule has 1 atom stereocenters. The smallest absolute Gasteiger partial charge is 0.333 e. The molecule has 0 saturated carbocycles. The molecule has 0 N–H and O–H groups in total. The highest BCUT2D eigenvalue weighted by molar-refractivity contribution is 6.03. The first kappa shape index (κ1) is 14.3. The molecule has 0 bridgehead atoms. The molecule has 1 aliphatic rings. The van der Waals surface area contributed by atoms with Crippen LogP contribution >= 0.6 is 0 Å². The van der Waals surface area contributed by atoms with E-state index in [9.17, 15) is 9.59 Å². The number of esters is 1. The predicted molar refractivity (Wildman–Crippen MR) is 82.1 cm³/mol. The number of hydrogen-bond acceptors (Lipinski definition) is 3. The van der Waals surface area contributed by atoms with Crippen LogP contribution in [0.3, 0.4) is 0 Å². The monoisotopic (exact) mass is 295 g/mol. The second kappa shape index (κ2) is 6.02. The van der Waals surface area contributed by atoms with Crippen molar-refractivity contribution in [2.24, 2.45) is 0 Å². The van der Waals surface area contributed by atoms with E-state index >= 15 is 0 Å². The first-order chi connectivity index (χ1) is 10.7. The van der Waals surface area contributed by atoms with Crippen LogP contribution in [-0.2, 0) is 16.1 Å². The van der Waals surface area contributed by atoms with Crippen LogP contribution in [-0.4, -0.2) is 23.4 Å². The summed E-state index contributed by atoms with van der Waals surface area (Å²) in [6.07, 6.45) is 0. The minimum atomic E-state index is -0.663. The Labute approximate surface area is 129 Å². The van der Waals surface area contributed by atoms with Crippen LogP contribution in [0.1, 0.15) is 34.5 Å². The van der Waals surface area contributed by atoms with Crippen LogP contribution in [0.15, 0.2) is 54.6 Å². The van der Waals surface area contributed by atoms with E-state index in [1.54, 1.807) is 17.9 Å². The first-order valence-electron chi connectivity index (χ1n) is 7.33. The summed E-state index contributed by atoms with van der Waals surface area (Å²) in [5.74, 6) is -0.505. The second-order valence-corrected chi connectivity index (χ2v) is 5.16. The lowest BCUT2D eigenvalue weighted by atomic mass is 10.0. The summed E-state index contributed by atoms with van der Waals surface area (Å²) < 4.78 is 5.17. The Kier molecular flexibility index (Phi) is 3.92. The Bertz CT molecular complexity index is 696. The number of hydrogen-bond donors (Lipinski definition) is 0. The number of fused-ring (bicyclic) bond motifs is 1. The third-order valence-electron chi connectivity index (χ3n) is 3.76. The number of rotatable bonds is 4. The van der Waals surface area contributed by atoms with Gasteiger partial charge in [-0.05, 0) is 24.1 Å². The highest BCUT2D eigenvalue weighted by Crippen LogP contribution is 2.35. The Hall–Kier alpha value is -2.62. The van der Waals surface area contributed by atoms with E-state index in [0.29, 0.717) is 18.7 Å². The molecule has 4 heteroatoms. The van der Waals surface area contributed by atoms with Gasteiger partial charge in [-0.2, -0.15) is 0 Å². The van der Waals surface area contributed by atoms with E-state index in [0.717, 1.165) is 11.1 Å². The van der Waals surface area contributed by atoms with Crippen molar-refractivity contribution in [1.29, 1.82) is 0 Å². The van der Waals surface area contributed by atoms with Crippen LogP contribution in [0.2, 0.25) is 0 Å². The third kappa shape index (κ3) is 2.48. The molecule has 0 fully saturated rings. The van der Waals surface area contributed by atoms with Gasteiger partial charge in [0.15, 0.2) is 6.04 Å². The number of carbonyl (C=O) groups excluding carboxylic acids is 2. The Morgan fingerprint density at radius 3 is 2.50 bits per heavy atom. The van der Waals surface area contributed by atoms with Crippen molar-refractivity contribution in [2.75, 3.05) is 6.61 Å². The maximum atomic E-state index is 12.6. The largest absolute Gasteiger partial charge is 0.464 e. The van der Waals surface area contributed by atoms with Gasteiger partial charge in [0.05, 0.1) is 6.61 Å². The van der Waals surface area contributed by atoms with Crippen molar-refractivity contribution >= 4 is 11.9 Å². The Morgan fingerprint density at radius 1 is 1.09 bits per heavy atom. The normalized spacial score (nSPS) is 16.5. The van der Waals surface area contributed by atoms with Crippen molar-refractivity contribution in [2.45, 2.75) is 19.5 Å². The summed E-state index contributed by atoms with van der Waals surface area (Å²) >= 11 is 0. The summed E-state index contributed by atoms with van der Waals surface area (Å²) in [7, 11) is 0. The van der Waals surface area contributed by atoms with E-state index in [4.69, 9.17) is 4.74 Å². The minimum Gasteiger partial charge on any atom is -0.464 e. The zero-order chi connectivity index (χ0) is 15.5. The average Bonchev–Trinajstić information content (AvgIpc) is 2.82. The van der Waals surface area contributed by atoms with Crippen LogP contribution in [0, 0.1) is 0 Å². The first-order valence-corrected chi connectivity index (χ1v) is 7.33. The molecule has 0 aromatic heterocycles. The molecule has 1 aliphatic heterocycles. The van der Waals surface area contributed by atoms with Gasteiger partial charge in [-0.1, -0.05) is 48.5 Å². The van der Waals surface area contributed by atoms with Crippen molar-refractivity contribution < 1.29 is 14.3 Å². The van der Waals surface area contributed by atoms with Gasteiger partial charge in [0.2, 0.25) is 0 Å². The van der Waals surface area contributed by atoms with Gasteiger partial charge < -0.3 is 9.64 Å². The molecule has 2 aromatic carbocycles. The molecule has 0 unspecified atom stereocenters. The summed E-state index contributed by atoms with van der Waals surface area (Å²) in [6, 6.07) is 16.2. The van der Waals surface area contributed by atoms with E-state index in [1.807, 2.05) is 48.5 Å². The maximum absolute atomic E-state index is 12.6. The molecule has 2 aromatic rings. The van der Waals surface area contributed by atoms with Gasteiger partial charge in [-0.15, -0.1) is 0 Å². The fourth-order valence-electron chi connectivity index (χ4n) is 2.79. The minimum absolute atomic E-state index is 0.127. The molecule has 0 radical (unpaired) electrons. The van der Waals surface area contributed by atoms with Crippen LogP contribution in [0.5, 0.6) is 0 Å². The van der Waals surface area contributed by atoms with Crippen molar-refractivity contribution in [3.63, 3.8) is 0 Å². The Morgan fingerprint density at radius 2 is 1.77 bits per heavy atom. The molecule has 3 rings (SSSR count). The molecule has 4 nitrogen and oxygen atoms in total. The van der Waals surface area contributed by atoms with E-state index in [1.165, 1.54) is 0 Å². The lowest BCUT2D eigenvalue weighted by Gasteiger charge is -2.23. The number of ether oxygens (including phenoxy) is 1.